The lowest BCUT2D eigenvalue weighted by atomic mass is 9.64. The Labute approximate surface area is 156 Å². The number of nitrogens with zero attached hydrogens (tertiary/aromatic N) is 3. The topological polar surface area (TPSA) is 62.3 Å². The van der Waals surface area contributed by atoms with Crippen LogP contribution in [0.25, 0.3) is 0 Å². The van der Waals surface area contributed by atoms with E-state index in [1.807, 2.05) is 23.6 Å². The van der Waals surface area contributed by atoms with E-state index in [1.165, 1.54) is 20.0 Å². The standard InChI is InChI=1S/C19H33N3O4/c1-4-22(18(24)25-3)15-6-9-20(10-7-15)16-12-19(13-16)8-11-21(14-19)17(23)26-5-2/h15-16H,4-14H2,1-3H3. The Morgan fingerprint density at radius 1 is 1.15 bits per heavy atom. The van der Waals surface area contributed by atoms with Gasteiger partial charge in [0.15, 0.2) is 0 Å². The lowest BCUT2D eigenvalue weighted by Gasteiger charge is -2.52. The molecule has 2 saturated heterocycles. The summed E-state index contributed by atoms with van der Waals surface area (Å²) in [5.41, 5.74) is 0.315. The van der Waals surface area contributed by atoms with Gasteiger partial charge in [-0.3, -0.25) is 0 Å². The van der Waals surface area contributed by atoms with Gasteiger partial charge >= 0.3 is 12.2 Å². The number of rotatable bonds is 4. The van der Waals surface area contributed by atoms with Gasteiger partial charge in [-0.2, -0.15) is 0 Å². The summed E-state index contributed by atoms with van der Waals surface area (Å²) in [5.74, 6) is 0. The summed E-state index contributed by atoms with van der Waals surface area (Å²) in [6.45, 7) is 8.78. The predicted molar refractivity (Wildman–Crippen MR) is 98.0 cm³/mol. The maximum absolute atomic E-state index is 11.9. The molecule has 1 saturated carbocycles. The van der Waals surface area contributed by atoms with E-state index >= 15 is 0 Å². The van der Waals surface area contributed by atoms with Crippen LogP contribution in [0.5, 0.6) is 0 Å². The number of hydrogen-bond donors (Lipinski definition) is 0. The molecule has 2 heterocycles. The summed E-state index contributed by atoms with van der Waals surface area (Å²) >= 11 is 0. The van der Waals surface area contributed by atoms with Gasteiger partial charge in [-0.1, -0.05) is 0 Å². The maximum atomic E-state index is 11.9. The number of piperidine rings is 1. The molecule has 0 aromatic carbocycles. The molecule has 7 heteroatoms. The molecule has 0 bridgehead atoms. The van der Waals surface area contributed by atoms with Crippen molar-refractivity contribution in [1.82, 2.24) is 14.7 Å². The molecule has 0 unspecified atom stereocenters. The molecule has 0 atom stereocenters. The molecule has 148 valence electrons. The highest BCUT2D eigenvalue weighted by Crippen LogP contribution is 2.50. The van der Waals surface area contributed by atoms with Gasteiger partial charge in [0.05, 0.1) is 13.7 Å². The molecular weight excluding hydrogens is 334 g/mol. The third-order valence-corrected chi connectivity index (χ3v) is 6.51. The summed E-state index contributed by atoms with van der Waals surface area (Å²) in [4.78, 5) is 30.1. The van der Waals surface area contributed by atoms with Crippen molar-refractivity contribution >= 4 is 12.2 Å². The average Bonchev–Trinajstić information content (AvgIpc) is 3.08. The number of carbonyl (C=O) groups excluding carboxylic acids is 2. The van der Waals surface area contributed by atoms with E-state index in [-0.39, 0.29) is 12.2 Å². The maximum Gasteiger partial charge on any atom is 0.409 e. The Morgan fingerprint density at radius 3 is 2.42 bits per heavy atom. The van der Waals surface area contributed by atoms with Crippen molar-refractivity contribution in [2.24, 2.45) is 5.41 Å². The van der Waals surface area contributed by atoms with E-state index in [1.54, 1.807) is 0 Å². The SMILES string of the molecule is CCOC(=O)N1CCC2(CC(N3CCC(N(CC)C(=O)OC)CC3)C2)C1. The zero-order valence-corrected chi connectivity index (χ0v) is 16.4. The predicted octanol–water partition coefficient (Wildman–Crippen LogP) is 2.55. The van der Waals surface area contributed by atoms with Crippen molar-refractivity contribution in [3.8, 4) is 0 Å². The van der Waals surface area contributed by atoms with Crippen LogP contribution in [0.15, 0.2) is 0 Å². The molecule has 3 rings (SSSR count). The molecule has 0 aromatic rings. The van der Waals surface area contributed by atoms with E-state index in [0.717, 1.165) is 45.4 Å². The second kappa shape index (κ2) is 8.03. The van der Waals surface area contributed by atoms with E-state index in [2.05, 4.69) is 4.90 Å². The summed E-state index contributed by atoms with van der Waals surface area (Å²) in [6.07, 6.45) is 5.13. The zero-order chi connectivity index (χ0) is 18.7. The van der Waals surface area contributed by atoms with Gasteiger partial charge in [-0.25, -0.2) is 9.59 Å². The number of amides is 2. The van der Waals surface area contributed by atoms with Gasteiger partial charge in [0, 0.05) is 44.8 Å². The Bertz CT molecular complexity index is 513. The lowest BCUT2D eigenvalue weighted by Crippen LogP contribution is -2.56. The Kier molecular flexibility index (Phi) is 5.95. The average molecular weight is 367 g/mol. The summed E-state index contributed by atoms with van der Waals surface area (Å²) in [7, 11) is 1.45. The molecule has 0 radical (unpaired) electrons. The van der Waals surface area contributed by atoms with E-state index in [4.69, 9.17) is 9.47 Å². The first-order valence-corrected chi connectivity index (χ1v) is 10.0. The van der Waals surface area contributed by atoms with Crippen LogP contribution < -0.4 is 0 Å². The molecule has 7 nitrogen and oxygen atoms in total. The number of likely N-dealkylation sites (tertiary alicyclic amines) is 2. The summed E-state index contributed by atoms with van der Waals surface area (Å²) < 4.78 is 10.0. The fraction of sp³-hybridized carbons (Fsp3) is 0.895. The molecule has 3 fully saturated rings. The van der Waals surface area contributed by atoms with Crippen LogP contribution in [0.3, 0.4) is 0 Å². The number of carbonyl (C=O) groups is 2. The van der Waals surface area contributed by atoms with Gasteiger partial charge in [-0.15, -0.1) is 0 Å². The molecule has 0 aromatic heterocycles. The van der Waals surface area contributed by atoms with Gasteiger partial charge < -0.3 is 24.2 Å². The molecule has 26 heavy (non-hydrogen) atoms. The van der Waals surface area contributed by atoms with Crippen LogP contribution in [0.4, 0.5) is 9.59 Å². The minimum atomic E-state index is -0.210. The van der Waals surface area contributed by atoms with Crippen LogP contribution in [-0.4, -0.2) is 85.4 Å². The summed E-state index contributed by atoms with van der Waals surface area (Å²) in [5, 5.41) is 0. The Hall–Kier alpha value is -1.50. The minimum Gasteiger partial charge on any atom is -0.453 e. The fourth-order valence-corrected chi connectivity index (χ4v) is 5.05. The van der Waals surface area contributed by atoms with Crippen molar-refractivity contribution in [3.63, 3.8) is 0 Å². The molecule has 1 aliphatic carbocycles. The van der Waals surface area contributed by atoms with Gasteiger partial charge in [0.2, 0.25) is 0 Å². The highest BCUT2D eigenvalue weighted by molar-refractivity contribution is 5.68. The lowest BCUT2D eigenvalue weighted by molar-refractivity contribution is -0.0147. The number of ether oxygens (including phenoxy) is 2. The van der Waals surface area contributed by atoms with E-state index < -0.39 is 0 Å². The molecule has 2 aliphatic heterocycles. The quantitative estimate of drug-likeness (QED) is 0.764. The number of hydrogen-bond acceptors (Lipinski definition) is 5. The van der Waals surface area contributed by atoms with Crippen LogP contribution in [-0.2, 0) is 9.47 Å². The normalized spacial score (nSPS) is 29.5. The van der Waals surface area contributed by atoms with Gasteiger partial charge in [-0.05, 0) is 51.4 Å². The van der Waals surface area contributed by atoms with Crippen molar-refractivity contribution < 1.29 is 19.1 Å². The molecular formula is C19H33N3O4. The minimum absolute atomic E-state index is 0.156. The van der Waals surface area contributed by atoms with Gasteiger partial charge in [0.1, 0.15) is 0 Å². The molecule has 2 amide bonds. The zero-order valence-electron chi connectivity index (χ0n) is 16.4. The van der Waals surface area contributed by atoms with Crippen LogP contribution in [0, 0.1) is 5.41 Å². The highest BCUT2D eigenvalue weighted by Gasteiger charge is 2.51. The second-order valence-corrected chi connectivity index (χ2v) is 7.96. The summed E-state index contributed by atoms with van der Waals surface area (Å²) in [6, 6.07) is 0.926. The first-order valence-electron chi connectivity index (χ1n) is 10.0. The smallest absolute Gasteiger partial charge is 0.409 e. The first kappa shape index (κ1) is 19.3. The van der Waals surface area contributed by atoms with Crippen LogP contribution in [0.2, 0.25) is 0 Å². The first-order chi connectivity index (χ1) is 12.5. The van der Waals surface area contributed by atoms with Crippen molar-refractivity contribution in [1.29, 1.82) is 0 Å². The molecule has 1 spiro atoms. The van der Waals surface area contributed by atoms with E-state index in [0.29, 0.717) is 30.7 Å². The van der Waals surface area contributed by atoms with Crippen LogP contribution >= 0.6 is 0 Å². The molecule has 0 N–H and O–H groups in total. The van der Waals surface area contributed by atoms with Crippen LogP contribution in [0.1, 0.15) is 46.0 Å². The van der Waals surface area contributed by atoms with Crippen molar-refractivity contribution in [3.05, 3.63) is 0 Å². The van der Waals surface area contributed by atoms with E-state index in [9.17, 15) is 9.59 Å². The second-order valence-electron chi connectivity index (χ2n) is 7.96. The Balaban J connectivity index is 1.44. The third-order valence-electron chi connectivity index (χ3n) is 6.51. The van der Waals surface area contributed by atoms with Gasteiger partial charge in [0.25, 0.3) is 0 Å². The monoisotopic (exact) mass is 367 g/mol. The van der Waals surface area contributed by atoms with Crippen molar-refractivity contribution in [2.75, 3.05) is 46.4 Å². The van der Waals surface area contributed by atoms with Crippen molar-refractivity contribution in [2.45, 2.75) is 58.0 Å². The number of methoxy groups -OCH3 is 1. The largest absolute Gasteiger partial charge is 0.453 e. The molecule has 3 aliphatic rings. The Morgan fingerprint density at radius 2 is 1.85 bits per heavy atom. The fourth-order valence-electron chi connectivity index (χ4n) is 5.05. The highest BCUT2D eigenvalue weighted by atomic mass is 16.6. The third kappa shape index (κ3) is 3.77.